The molecule has 3 saturated heterocycles. The number of aromatic nitrogens is 2. The summed E-state index contributed by atoms with van der Waals surface area (Å²) in [5.41, 5.74) is -0.326. The molecule has 4 amide bonds. The van der Waals surface area contributed by atoms with E-state index >= 15 is 4.39 Å². The van der Waals surface area contributed by atoms with Gasteiger partial charge >= 0.3 is 12.1 Å². The zero-order chi connectivity index (χ0) is 27.1. The van der Waals surface area contributed by atoms with Crippen LogP contribution in [0, 0.1) is 0 Å². The Balaban J connectivity index is 1.15. The molecule has 2 aromatic heterocycles. The number of hydrogen-bond donors (Lipinski definition) is 1. The summed E-state index contributed by atoms with van der Waals surface area (Å²) >= 11 is 0. The number of urea groups is 1. The lowest BCUT2D eigenvalue weighted by molar-refractivity contribution is -0.120. The van der Waals surface area contributed by atoms with Gasteiger partial charge in [0.2, 0.25) is 5.91 Å². The Bertz CT molecular complexity index is 1210. The number of carbonyl (C=O) groups is 3. The van der Waals surface area contributed by atoms with Crippen molar-refractivity contribution >= 4 is 34.8 Å². The lowest BCUT2D eigenvalue weighted by Crippen LogP contribution is -2.51. The van der Waals surface area contributed by atoms with Crippen LogP contribution in [0.2, 0.25) is 0 Å². The number of piperidine rings is 2. The summed E-state index contributed by atoms with van der Waals surface area (Å²) in [6, 6.07) is 3.78. The van der Waals surface area contributed by atoms with Crippen molar-refractivity contribution in [1.82, 2.24) is 24.7 Å². The van der Waals surface area contributed by atoms with Gasteiger partial charge in [0.25, 0.3) is 0 Å². The van der Waals surface area contributed by atoms with Crippen molar-refractivity contribution < 1.29 is 23.5 Å². The van der Waals surface area contributed by atoms with Gasteiger partial charge in [-0.1, -0.05) is 0 Å². The molecule has 0 bridgehead atoms. The predicted molar refractivity (Wildman–Crippen MR) is 141 cm³/mol. The zero-order valence-corrected chi connectivity index (χ0v) is 22.4. The van der Waals surface area contributed by atoms with Gasteiger partial charge in [0.15, 0.2) is 0 Å². The molecule has 2 aromatic rings. The Morgan fingerprint density at radius 1 is 1.16 bits per heavy atom. The van der Waals surface area contributed by atoms with E-state index < -0.39 is 17.3 Å². The Kier molecular flexibility index (Phi) is 7.06. The van der Waals surface area contributed by atoms with Gasteiger partial charge < -0.3 is 19.1 Å². The lowest BCUT2D eigenvalue weighted by Gasteiger charge is -2.41. The van der Waals surface area contributed by atoms with Crippen molar-refractivity contribution in [2.24, 2.45) is 0 Å². The highest BCUT2D eigenvalue weighted by Gasteiger charge is 2.39. The summed E-state index contributed by atoms with van der Waals surface area (Å²) in [5.74, 6) is -0.261. The molecule has 0 unspecified atom stereocenters. The van der Waals surface area contributed by atoms with E-state index in [1.54, 1.807) is 11.1 Å². The van der Waals surface area contributed by atoms with Gasteiger partial charge in [-0.05, 0) is 45.7 Å². The van der Waals surface area contributed by atoms with Gasteiger partial charge in [0.05, 0.1) is 11.9 Å². The van der Waals surface area contributed by atoms with Crippen LogP contribution < -0.4 is 10.2 Å². The largest absolute Gasteiger partial charge is 0.444 e. The van der Waals surface area contributed by atoms with E-state index in [1.165, 1.54) is 4.90 Å². The number of nitrogens with zero attached hydrogens (tertiary/aromatic N) is 5. The fourth-order valence-corrected chi connectivity index (χ4v) is 5.62. The first-order valence-electron chi connectivity index (χ1n) is 13.5. The third kappa shape index (κ3) is 5.77. The van der Waals surface area contributed by atoms with Crippen molar-refractivity contribution in [1.29, 1.82) is 0 Å². The van der Waals surface area contributed by atoms with Crippen molar-refractivity contribution in [2.45, 2.75) is 70.2 Å². The number of fused-ring (bicyclic) bond motifs is 1. The summed E-state index contributed by atoms with van der Waals surface area (Å²) in [7, 11) is 0. The van der Waals surface area contributed by atoms with Crippen LogP contribution in [-0.4, -0.2) is 87.9 Å². The molecule has 3 aliphatic heterocycles. The van der Waals surface area contributed by atoms with Crippen LogP contribution in [0.25, 0.3) is 11.0 Å². The molecular formula is C27H37FN6O4. The molecule has 10 nitrogen and oxygen atoms in total. The monoisotopic (exact) mass is 528 g/mol. The number of alkyl halides is 1. The first-order valence-corrected chi connectivity index (χ1v) is 13.5. The summed E-state index contributed by atoms with van der Waals surface area (Å²) in [5, 5.41) is 3.28. The molecule has 3 aliphatic rings. The highest BCUT2D eigenvalue weighted by molar-refractivity contribution is 6.06. The van der Waals surface area contributed by atoms with Crippen LogP contribution in [-0.2, 0) is 9.53 Å². The average Bonchev–Trinajstić information content (AvgIpc) is 3.27. The van der Waals surface area contributed by atoms with E-state index in [-0.39, 0.29) is 24.5 Å². The van der Waals surface area contributed by atoms with E-state index in [9.17, 15) is 14.4 Å². The number of carbonyl (C=O) groups excluding carboxylic acids is 3. The number of pyridine rings is 1. The van der Waals surface area contributed by atoms with E-state index in [4.69, 9.17) is 4.74 Å². The Morgan fingerprint density at radius 2 is 1.87 bits per heavy atom. The van der Waals surface area contributed by atoms with E-state index in [0.29, 0.717) is 44.7 Å². The molecule has 206 valence electrons. The number of imide groups is 1. The summed E-state index contributed by atoms with van der Waals surface area (Å²) in [4.78, 5) is 46.0. The summed E-state index contributed by atoms with van der Waals surface area (Å²) in [6.07, 6.45) is 6.05. The number of amides is 4. The van der Waals surface area contributed by atoms with Crippen LogP contribution in [0.4, 0.5) is 19.7 Å². The van der Waals surface area contributed by atoms with Gasteiger partial charge in [-0.25, -0.2) is 19.0 Å². The quantitative estimate of drug-likeness (QED) is 0.647. The fraction of sp³-hybridized carbons (Fsp3) is 0.630. The van der Waals surface area contributed by atoms with Crippen LogP contribution >= 0.6 is 0 Å². The molecular weight excluding hydrogens is 491 g/mol. The second-order valence-electron chi connectivity index (χ2n) is 11.7. The molecule has 5 rings (SSSR count). The molecule has 0 radical (unpaired) electrons. The molecule has 0 atom stereocenters. The highest BCUT2D eigenvalue weighted by atomic mass is 19.1. The first-order chi connectivity index (χ1) is 18.0. The number of hydrogen-bond acceptors (Lipinski definition) is 6. The van der Waals surface area contributed by atoms with Crippen molar-refractivity contribution in [2.75, 3.05) is 44.2 Å². The maximum Gasteiger partial charge on any atom is 0.410 e. The number of ether oxygens (including phenoxy) is 1. The van der Waals surface area contributed by atoms with Crippen LogP contribution in [0.1, 0.15) is 58.9 Å². The van der Waals surface area contributed by atoms with Gasteiger partial charge in [0, 0.05) is 76.2 Å². The molecule has 3 fully saturated rings. The Hall–Kier alpha value is -3.21. The first kappa shape index (κ1) is 26.4. The molecule has 38 heavy (non-hydrogen) atoms. The van der Waals surface area contributed by atoms with Gasteiger partial charge in [-0.3, -0.25) is 15.0 Å². The minimum absolute atomic E-state index is 0.261. The van der Waals surface area contributed by atoms with E-state index in [1.807, 2.05) is 39.1 Å². The normalized spacial score (nSPS) is 21.6. The second kappa shape index (κ2) is 10.2. The molecule has 0 aliphatic carbocycles. The Labute approximate surface area is 222 Å². The van der Waals surface area contributed by atoms with Crippen molar-refractivity contribution in [3.8, 4) is 0 Å². The average molecular weight is 529 g/mol. The van der Waals surface area contributed by atoms with Crippen molar-refractivity contribution in [3.05, 3.63) is 24.5 Å². The van der Waals surface area contributed by atoms with Crippen LogP contribution in [0.15, 0.2) is 24.5 Å². The minimum Gasteiger partial charge on any atom is -0.444 e. The van der Waals surface area contributed by atoms with Crippen LogP contribution in [0.5, 0.6) is 0 Å². The fourth-order valence-electron chi connectivity index (χ4n) is 5.62. The zero-order valence-electron chi connectivity index (χ0n) is 22.4. The van der Waals surface area contributed by atoms with Gasteiger partial charge in [-0.15, -0.1) is 0 Å². The number of likely N-dealkylation sites (tertiary alicyclic amines) is 2. The lowest BCUT2D eigenvalue weighted by atomic mass is 9.91. The SMILES string of the molecule is CC(C)(C)OC(=O)N1CCC(F)(CN2CCC(n3ccc4cc(N5CCC(=O)NC5=O)cnc43)CC2)CC1. The summed E-state index contributed by atoms with van der Waals surface area (Å²) < 4.78 is 23.3. The molecule has 11 heteroatoms. The third-order valence-corrected chi connectivity index (χ3v) is 7.67. The number of anilines is 1. The number of rotatable bonds is 4. The van der Waals surface area contributed by atoms with Gasteiger partial charge in [-0.2, -0.15) is 0 Å². The number of nitrogens with one attached hydrogen (secondary N) is 1. The number of halogens is 1. The smallest absolute Gasteiger partial charge is 0.410 e. The predicted octanol–water partition coefficient (Wildman–Crippen LogP) is 3.86. The van der Waals surface area contributed by atoms with Crippen LogP contribution in [0.3, 0.4) is 0 Å². The highest BCUT2D eigenvalue weighted by Crippen LogP contribution is 2.33. The van der Waals surface area contributed by atoms with E-state index in [0.717, 1.165) is 37.0 Å². The van der Waals surface area contributed by atoms with Crippen molar-refractivity contribution in [3.63, 3.8) is 0 Å². The Morgan fingerprint density at radius 3 is 2.53 bits per heavy atom. The molecule has 5 heterocycles. The minimum atomic E-state index is -1.30. The molecule has 0 spiro atoms. The molecule has 0 saturated carbocycles. The maximum atomic E-state index is 15.7. The second-order valence-corrected chi connectivity index (χ2v) is 11.7. The molecule has 1 N–H and O–H groups in total. The van der Waals surface area contributed by atoms with E-state index in [2.05, 4.69) is 19.8 Å². The topological polar surface area (TPSA) is 100 Å². The van der Waals surface area contributed by atoms with Gasteiger partial charge in [0.1, 0.15) is 16.9 Å². The summed E-state index contributed by atoms with van der Waals surface area (Å²) in [6.45, 7) is 8.57. The third-order valence-electron chi connectivity index (χ3n) is 7.67. The maximum absolute atomic E-state index is 15.7. The standard InChI is InChI=1S/C27H37FN6O4/c1-26(2,3)38-25(37)32-14-8-27(28,9-15-32)18-31-10-5-20(6-11-31)33-12-4-19-16-21(17-29-23(19)33)34-13-7-22(35)30-24(34)36/h4,12,16-17,20H,5-11,13-15,18H2,1-3H3,(H,30,35,36). The molecule has 0 aromatic carbocycles.